The molecule has 2 aromatic rings. The Morgan fingerprint density at radius 1 is 1.22 bits per heavy atom. The summed E-state index contributed by atoms with van der Waals surface area (Å²) >= 11 is 0. The summed E-state index contributed by atoms with van der Waals surface area (Å²) in [6, 6.07) is 11.0. The summed E-state index contributed by atoms with van der Waals surface area (Å²) in [4.78, 5) is -0.271. The van der Waals surface area contributed by atoms with Gasteiger partial charge in [0.2, 0.25) is 0 Å². The Hall–Kier alpha value is -2.56. The molecular formula is C16H15NO5S. The first kappa shape index (κ1) is 16.8. The van der Waals surface area contributed by atoms with E-state index in [1.807, 2.05) is 6.07 Å². The second-order valence-corrected chi connectivity index (χ2v) is 6.15. The first-order chi connectivity index (χ1) is 10.8. The van der Waals surface area contributed by atoms with Crippen LogP contribution in [0.15, 0.2) is 41.3 Å². The second-order valence-electron chi connectivity index (χ2n) is 4.73. The zero-order valence-corrected chi connectivity index (χ0v) is 13.4. The lowest BCUT2D eigenvalue weighted by Gasteiger charge is -2.12. The van der Waals surface area contributed by atoms with Gasteiger partial charge in [0.25, 0.3) is 10.1 Å². The van der Waals surface area contributed by atoms with E-state index in [9.17, 15) is 13.7 Å². The molecule has 7 heteroatoms. The Morgan fingerprint density at radius 3 is 2.52 bits per heavy atom. The maximum Gasteiger partial charge on any atom is 0.294 e. The predicted molar refractivity (Wildman–Crippen MR) is 83.4 cm³/mol. The van der Waals surface area contributed by atoms with Gasteiger partial charge in [0, 0.05) is 6.07 Å². The number of benzene rings is 2. The molecule has 0 fully saturated rings. The minimum atomic E-state index is -4.34. The average molecular weight is 333 g/mol. The average Bonchev–Trinajstić information content (AvgIpc) is 2.46. The summed E-state index contributed by atoms with van der Waals surface area (Å²) in [7, 11) is -4.34. The van der Waals surface area contributed by atoms with Crippen molar-refractivity contribution in [1.29, 1.82) is 5.26 Å². The fourth-order valence-electron chi connectivity index (χ4n) is 2.03. The fraction of sp³-hybridized carbons (Fsp3) is 0.188. The summed E-state index contributed by atoms with van der Waals surface area (Å²) in [5, 5.41) is 9.30. The zero-order valence-electron chi connectivity index (χ0n) is 12.6. The van der Waals surface area contributed by atoms with Gasteiger partial charge in [0.15, 0.2) is 0 Å². The van der Waals surface area contributed by atoms with E-state index in [-0.39, 0.29) is 22.0 Å². The number of rotatable bonds is 5. The zero-order chi connectivity index (χ0) is 17.0. The van der Waals surface area contributed by atoms with Crippen LogP contribution in [0, 0.1) is 18.3 Å². The summed E-state index contributed by atoms with van der Waals surface area (Å²) < 4.78 is 42.7. The van der Waals surface area contributed by atoms with Crippen molar-refractivity contribution in [3.63, 3.8) is 0 Å². The van der Waals surface area contributed by atoms with Crippen LogP contribution >= 0.6 is 0 Å². The van der Waals surface area contributed by atoms with Crippen LogP contribution < -0.4 is 9.47 Å². The molecule has 0 aliphatic carbocycles. The van der Waals surface area contributed by atoms with Crippen molar-refractivity contribution in [2.24, 2.45) is 0 Å². The second kappa shape index (κ2) is 6.69. The van der Waals surface area contributed by atoms with E-state index >= 15 is 0 Å². The molecule has 2 rings (SSSR count). The highest BCUT2D eigenvalue weighted by Gasteiger charge is 2.15. The van der Waals surface area contributed by atoms with Gasteiger partial charge in [-0.05, 0) is 43.7 Å². The van der Waals surface area contributed by atoms with Crippen LogP contribution in [0.5, 0.6) is 17.2 Å². The minimum Gasteiger partial charge on any atom is -0.492 e. The first-order valence-corrected chi connectivity index (χ1v) is 8.22. The molecule has 6 nitrogen and oxygen atoms in total. The normalized spacial score (nSPS) is 10.9. The van der Waals surface area contributed by atoms with E-state index in [1.54, 1.807) is 38.1 Å². The van der Waals surface area contributed by atoms with Crippen molar-refractivity contribution in [2.75, 3.05) is 6.61 Å². The van der Waals surface area contributed by atoms with Crippen molar-refractivity contribution in [3.05, 3.63) is 47.5 Å². The Bertz CT molecular complexity index is 869. The van der Waals surface area contributed by atoms with Crippen LogP contribution in [0.1, 0.15) is 18.1 Å². The van der Waals surface area contributed by atoms with Crippen LogP contribution in [0.4, 0.5) is 0 Å². The monoisotopic (exact) mass is 333 g/mol. The fourth-order valence-corrected chi connectivity index (χ4v) is 2.63. The van der Waals surface area contributed by atoms with Crippen molar-refractivity contribution in [3.8, 4) is 23.3 Å². The summed E-state index contributed by atoms with van der Waals surface area (Å²) in [5.74, 6) is 0.822. The molecule has 0 aliphatic heterocycles. The third-order valence-electron chi connectivity index (χ3n) is 2.95. The largest absolute Gasteiger partial charge is 0.492 e. The summed E-state index contributed by atoms with van der Waals surface area (Å²) in [6.07, 6.45) is 0. The van der Waals surface area contributed by atoms with Gasteiger partial charge in [-0.1, -0.05) is 6.07 Å². The molecule has 1 N–H and O–H groups in total. The lowest BCUT2D eigenvalue weighted by molar-refractivity contribution is 0.337. The van der Waals surface area contributed by atoms with E-state index in [0.717, 1.165) is 0 Å². The molecule has 0 atom stereocenters. The van der Waals surface area contributed by atoms with E-state index in [0.29, 0.717) is 17.9 Å². The lowest BCUT2D eigenvalue weighted by atomic mass is 10.2. The molecule has 23 heavy (non-hydrogen) atoms. The molecule has 0 radical (unpaired) electrons. The number of ether oxygens (including phenoxy) is 2. The van der Waals surface area contributed by atoms with Gasteiger partial charge < -0.3 is 9.47 Å². The van der Waals surface area contributed by atoms with Crippen LogP contribution in [-0.4, -0.2) is 19.6 Å². The van der Waals surface area contributed by atoms with Crippen LogP contribution in [-0.2, 0) is 10.1 Å². The SMILES string of the molecule is CCOc1cccc(Oc2cc(C)cc(S(=O)(=O)O)c2)c1C#N. The number of nitrogens with zero attached hydrogens (tertiary/aromatic N) is 1. The summed E-state index contributed by atoms with van der Waals surface area (Å²) in [5.41, 5.74) is 0.804. The highest BCUT2D eigenvalue weighted by molar-refractivity contribution is 7.85. The van der Waals surface area contributed by atoms with Gasteiger partial charge in [-0.2, -0.15) is 13.7 Å². The molecule has 0 saturated heterocycles. The van der Waals surface area contributed by atoms with Crippen molar-refractivity contribution < 1.29 is 22.4 Å². The maximum atomic E-state index is 11.3. The number of nitriles is 1. The smallest absolute Gasteiger partial charge is 0.294 e. The molecule has 0 saturated carbocycles. The van der Waals surface area contributed by atoms with E-state index < -0.39 is 10.1 Å². The van der Waals surface area contributed by atoms with Gasteiger partial charge in [-0.25, -0.2) is 0 Å². The molecule has 0 unspecified atom stereocenters. The van der Waals surface area contributed by atoms with Crippen LogP contribution in [0.25, 0.3) is 0 Å². The number of aryl methyl sites for hydroxylation is 1. The molecule has 120 valence electrons. The van der Waals surface area contributed by atoms with Crippen LogP contribution in [0.2, 0.25) is 0 Å². The highest BCUT2D eigenvalue weighted by Crippen LogP contribution is 2.32. The predicted octanol–water partition coefficient (Wildman–Crippen LogP) is 3.30. The van der Waals surface area contributed by atoms with E-state index in [2.05, 4.69) is 0 Å². The van der Waals surface area contributed by atoms with Gasteiger partial charge in [0.05, 0.1) is 11.5 Å². The first-order valence-electron chi connectivity index (χ1n) is 6.78. The Labute approximate surface area is 134 Å². The molecular weight excluding hydrogens is 318 g/mol. The van der Waals surface area contributed by atoms with Crippen molar-refractivity contribution in [2.45, 2.75) is 18.7 Å². The maximum absolute atomic E-state index is 11.3. The van der Waals surface area contributed by atoms with Gasteiger partial charge in [-0.3, -0.25) is 4.55 Å². The lowest BCUT2D eigenvalue weighted by Crippen LogP contribution is -2.00. The topological polar surface area (TPSA) is 96.6 Å². The number of hydrogen-bond acceptors (Lipinski definition) is 5. The highest BCUT2D eigenvalue weighted by atomic mass is 32.2. The molecule has 0 aliphatic rings. The van der Waals surface area contributed by atoms with E-state index in [1.165, 1.54) is 12.1 Å². The van der Waals surface area contributed by atoms with Crippen molar-refractivity contribution in [1.82, 2.24) is 0 Å². The third kappa shape index (κ3) is 4.00. The Kier molecular flexibility index (Phi) is 4.89. The van der Waals surface area contributed by atoms with Crippen LogP contribution in [0.3, 0.4) is 0 Å². The minimum absolute atomic E-state index is 0.197. The summed E-state index contributed by atoms with van der Waals surface area (Å²) in [6.45, 7) is 3.87. The van der Waals surface area contributed by atoms with Gasteiger partial charge in [-0.15, -0.1) is 0 Å². The molecule has 0 amide bonds. The molecule has 0 bridgehead atoms. The van der Waals surface area contributed by atoms with Gasteiger partial charge in [0.1, 0.15) is 28.9 Å². The molecule has 0 spiro atoms. The Balaban J connectivity index is 2.46. The number of hydrogen-bond donors (Lipinski definition) is 1. The van der Waals surface area contributed by atoms with E-state index in [4.69, 9.17) is 14.0 Å². The van der Waals surface area contributed by atoms with Crippen molar-refractivity contribution >= 4 is 10.1 Å². The standard InChI is InChI=1S/C16H15NO5S/c1-3-21-15-5-4-6-16(14(15)10-17)22-12-7-11(2)8-13(9-12)23(18,19)20/h4-9H,3H2,1-2H3,(H,18,19,20). The molecule has 0 heterocycles. The third-order valence-corrected chi connectivity index (χ3v) is 3.78. The molecule has 0 aromatic heterocycles. The molecule has 2 aromatic carbocycles. The quantitative estimate of drug-likeness (QED) is 0.843. The Morgan fingerprint density at radius 2 is 1.91 bits per heavy atom. The van der Waals surface area contributed by atoms with Gasteiger partial charge >= 0.3 is 0 Å².